The lowest BCUT2D eigenvalue weighted by Gasteiger charge is -2.21. The number of allylic oxidation sites excluding steroid dienone is 16. The standard InChI is InChI=1S/C83H146O17P2/c1-5-9-13-17-21-25-29-33-36-38-41-45-48-52-56-60-64-68-81(86)94-74-79(100-83(88)70-66-62-58-54-50-46-42-39-37-34-30-26-22-18-14-10-6-2)76-98-102(91,92)96-72-77(84)71-95-101(89,90)97-75-78(99-82(87)69-65-61-57-53-49-43-32-28-24-20-16-12-8-4)73-93-80(85)67-63-59-55-51-47-44-40-35-31-27-23-19-15-11-7-3/h9-10,13-14,21-22,25-26,28,32-34,36-37,41,45,77-79,84H,5-8,11-12,15-20,23-24,27,29-31,35,38-40,42-44,46-76H2,1-4H3,(H,89,90)(H,91,92)/b13-9-,14-10-,25-21-,26-22-,32-28-,36-33-,37-34-,45-41-. The average molecular weight is 1480 g/mol. The van der Waals surface area contributed by atoms with Crippen molar-refractivity contribution in [3.05, 3.63) is 97.2 Å². The number of esters is 4. The SMILES string of the molecule is CC/C=C\C/C=C\C/C=C\C/C=C\CCCCCCC(=O)OCC(COP(=O)(O)OCC(O)COP(=O)(O)OCC(COC(=O)CCCCCCCCCCCCCCCCC)OC(=O)CCCCCCC/C=C\CCCCCC)OC(=O)CCCCCCCCC/C=C\C/C=C\C/C=C\CC. The molecular weight excluding hydrogens is 1330 g/mol. The van der Waals surface area contributed by atoms with Crippen LogP contribution in [0.5, 0.6) is 0 Å². The maximum atomic E-state index is 13.1. The van der Waals surface area contributed by atoms with Crippen LogP contribution < -0.4 is 0 Å². The fourth-order valence-corrected chi connectivity index (χ4v) is 12.5. The number of hydrogen-bond donors (Lipinski definition) is 3. The summed E-state index contributed by atoms with van der Waals surface area (Å²) in [5, 5.41) is 10.6. The molecule has 5 atom stereocenters. The highest BCUT2D eigenvalue weighted by Gasteiger charge is 2.30. The van der Waals surface area contributed by atoms with Gasteiger partial charge in [-0.2, -0.15) is 0 Å². The molecule has 0 bridgehead atoms. The largest absolute Gasteiger partial charge is 0.472 e. The lowest BCUT2D eigenvalue weighted by atomic mass is 10.0. The van der Waals surface area contributed by atoms with Crippen LogP contribution in [0.3, 0.4) is 0 Å². The van der Waals surface area contributed by atoms with Gasteiger partial charge < -0.3 is 33.8 Å². The maximum absolute atomic E-state index is 13.1. The number of aliphatic hydroxyl groups is 1. The molecule has 5 unspecified atom stereocenters. The number of rotatable bonds is 76. The second-order valence-electron chi connectivity index (χ2n) is 27.0. The van der Waals surface area contributed by atoms with E-state index in [1.807, 2.05) is 0 Å². The first-order valence-electron chi connectivity index (χ1n) is 40.5. The van der Waals surface area contributed by atoms with Gasteiger partial charge in [0.1, 0.15) is 19.3 Å². The maximum Gasteiger partial charge on any atom is 0.472 e. The van der Waals surface area contributed by atoms with Gasteiger partial charge in [0.15, 0.2) is 12.2 Å². The number of unbranched alkanes of at least 4 members (excludes halogenated alkanes) is 34. The summed E-state index contributed by atoms with van der Waals surface area (Å²) in [7, 11) is -9.96. The van der Waals surface area contributed by atoms with E-state index in [0.29, 0.717) is 25.7 Å². The second-order valence-corrected chi connectivity index (χ2v) is 29.9. The van der Waals surface area contributed by atoms with E-state index in [4.69, 9.17) is 37.0 Å². The number of hydrogen-bond acceptors (Lipinski definition) is 15. The molecule has 0 aromatic rings. The van der Waals surface area contributed by atoms with Gasteiger partial charge >= 0.3 is 39.5 Å². The molecule has 0 aliphatic carbocycles. The number of phosphoric ester groups is 2. The van der Waals surface area contributed by atoms with E-state index in [-0.39, 0.29) is 25.7 Å². The van der Waals surface area contributed by atoms with Crippen LogP contribution in [0.25, 0.3) is 0 Å². The van der Waals surface area contributed by atoms with Crippen LogP contribution in [0.1, 0.15) is 349 Å². The van der Waals surface area contributed by atoms with Crippen molar-refractivity contribution < 1.29 is 80.2 Å². The van der Waals surface area contributed by atoms with Gasteiger partial charge in [0.25, 0.3) is 0 Å². The first-order valence-corrected chi connectivity index (χ1v) is 43.5. The number of ether oxygens (including phenoxy) is 4. The Morgan fingerprint density at radius 2 is 0.510 bits per heavy atom. The first kappa shape index (κ1) is 98.0. The number of carbonyl (C=O) groups is 4. The molecule has 0 heterocycles. The minimum Gasteiger partial charge on any atom is -0.462 e. The Balaban J connectivity index is 5.37. The molecule has 590 valence electrons. The first-order chi connectivity index (χ1) is 49.7. The van der Waals surface area contributed by atoms with Gasteiger partial charge in [-0.15, -0.1) is 0 Å². The fraction of sp³-hybridized carbons (Fsp3) is 0.759. The molecule has 0 aliphatic rings. The number of aliphatic hydroxyl groups excluding tert-OH is 1. The Hall–Kier alpha value is -4.02. The minimum atomic E-state index is -4.98. The van der Waals surface area contributed by atoms with Crippen LogP contribution in [-0.2, 0) is 65.4 Å². The lowest BCUT2D eigenvalue weighted by molar-refractivity contribution is -0.161. The predicted molar refractivity (Wildman–Crippen MR) is 418 cm³/mol. The Morgan fingerprint density at radius 1 is 0.284 bits per heavy atom. The molecule has 0 saturated carbocycles. The minimum absolute atomic E-state index is 0.0777. The molecule has 0 radical (unpaired) electrons. The molecule has 0 aromatic heterocycles. The third kappa shape index (κ3) is 74.3. The van der Waals surface area contributed by atoms with E-state index in [2.05, 4.69) is 125 Å². The summed E-state index contributed by atoms with van der Waals surface area (Å²) in [5.41, 5.74) is 0. The van der Waals surface area contributed by atoms with Crippen LogP contribution in [-0.4, -0.2) is 96.7 Å². The van der Waals surface area contributed by atoms with Gasteiger partial charge in [-0.3, -0.25) is 37.3 Å². The van der Waals surface area contributed by atoms with E-state index < -0.39 is 97.5 Å². The van der Waals surface area contributed by atoms with Crippen LogP contribution in [0.15, 0.2) is 97.2 Å². The molecule has 0 saturated heterocycles. The van der Waals surface area contributed by atoms with Crippen molar-refractivity contribution in [1.82, 2.24) is 0 Å². The van der Waals surface area contributed by atoms with Crippen molar-refractivity contribution in [2.45, 2.75) is 367 Å². The fourth-order valence-electron chi connectivity index (χ4n) is 10.9. The van der Waals surface area contributed by atoms with Gasteiger partial charge in [0, 0.05) is 25.7 Å². The van der Waals surface area contributed by atoms with Crippen molar-refractivity contribution in [3.8, 4) is 0 Å². The highest BCUT2D eigenvalue weighted by atomic mass is 31.2. The van der Waals surface area contributed by atoms with Gasteiger partial charge in [0.2, 0.25) is 0 Å². The van der Waals surface area contributed by atoms with E-state index in [0.717, 1.165) is 173 Å². The number of carbonyl (C=O) groups excluding carboxylic acids is 4. The summed E-state index contributed by atoms with van der Waals surface area (Å²) >= 11 is 0. The van der Waals surface area contributed by atoms with E-state index in [1.54, 1.807) is 0 Å². The summed E-state index contributed by atoms with van der Waals surface area (Å²) in [4.78, 5) is 73.0. The van der Waals surface area contributed by atoms with Crippen molar-refractivity contribution in [1.29, 1.82) is 0 Å². The zero-order chi connectivity index (χ0) is 74.6. The monoisotopic (exact) mass is 1480 g/mol. The highest BCUT2D eigenvalue weighted by molar-refractivity contribution is 7.47. The van der Waals surface area contributed by atoms with Crippen LogP contribution in [0, 0.1) is 0 Å². The molecule has 19 heteroatoms. The molecule has 0 fully saturated rings. The Morgan fingerprint density at radius 3 is 0.804 bits per heavy atom. The van der Waals surface area contributed by atoms with Crippen LogP contribution in [0.2, 0.25) is 0 Å². The zero-order valence-corrected chi connectivity index (χ0v) is 66.3. The van der Waals surface area contributed by atoms with Gasteiger partial charge in [-0.25, -0.2) is 9.13 Å². The molecule has 0 amide bonds. The Labute approximate surface area is 620 Å². The van der Waals surface area contributed by atoms with Crippen molar-refractivity contribution in [2.75, 3.05) is 39.6 Å². The summed E-state index contributed by atoms with van der Waals surface area (Å²) in [6, 6.07) is 0. The van der Waals surface area contributed by atoms with E-state index in [9.17, 15) is 43.2 Å². The predicted octanol–water partition coefficient (Wildman–Crippen LogP) is 23.6. The number of phosphoric acid groups is 2. The highest BCUT2D eigenvalue weighted by Crippen LogP contribution is 2.45. The van der Waals surface area contributed by atoms with Crippen molar-refractivity contribution >= 4 is 39.5 Å². The summed E-state index contributed by atoms with van der Waals surface area (Å²) in [5.74, 6) is -2.20. The topological polar surface area (TPSA) is 237 Å². The molecule has 0 aromatic carbocycles. The molecule has 3 N–H and O–H groups in total. The van der Waals surface area contributed by atoms with Gasteiger partial charge in [-0.1, -0.05) is 298 Å². The third-order valence-electron chi connectivity index (χ3n) is 17.0. The third-order valence-corrected chi connectivity index (χ3v) is 18.9. The second kappa shape index (κ2) is 75.2. The van der Waals surface area contributed by atoms with E-state index >= 15 is 0 Å². The zero-order valence-electron chi connectivity index (χ0n) is 64.5. The van der Waals surface area contributed by atoms with Gasteiger partial charge in [-0.05, 0) is 122 Å². The molecule has 0 spiro atoms. The summed E-state index contributed by atoms with van der Waals surface area (Å²) in [6.45, 7) is 4.64. The van der Waals surface area contributed by atoms with Crippen molar-refractivity contribution in [3.63, 3.8) is 0 Å². The van der Waals surface area contributed by atoms with Crippen LogP contribution >= 0.6 is 15.6 Å². The normalized spacial score (nSPS) is 14.4. The van der Waals surface area contributed by atoms with Gasteiger partial charge in [0.05, 0.1) is 26.4 Å². The summed E-state index contributed by atoms with van der Waals surface area (Å²) < 4.78 is 68.6. The average Bonchev–Trinajstić information content (AvgIpc) is 0.959. The smallest absolute Gasteiger partial charge is 0.462 e. The molecular formula is C83H146O17P2. The summed E-state index contributed by atoms with van der Waals surface area (Å²) in [6.07, 6.45) is 79.5. The molecule has 17 nitrogen and oxygen atoms in total. The van der Waals surface area contributed by atoms with Crippen molar-refractivity contribution in [2.24, 2.45) is 0 Å². The molecule has 0 rings (SSSR count). The Kier molecular flexibility index (Phi) is 72.3. The Bertz CT molecular complexity index is 2310. The van der Waals surface area contributed by atoms with Crippen LogP contribution in [0.4, 0.5) is 0 Å². The molecule has 0 aliphatic heterocycles. The molecule has 102 heavy (non-hydrogen) atoms. The lowest BCUT2D eigenvalue weighted by Crippen LogP contribution is -2.30. The quantitative estimate of drug-likeness (QED) is 0.0169. The van der Waals surface area contributed by atoms with E-state index in [1.165, 1.54) is 96.3 Å².